The Morgan fingerprint density at radius 2 is 1.87 bits per heavy atom. The summed E-state index contributed by atoms with van der Waals surface area (Å²) in [6.07, 6.45) is 6.35. The second-order valence-corrected chi connectivity index (χ2v) is 2.85. The summed E-state index contributed by atoms with van der Waals surface area (Å²) in [7, 11) is 0. The smallest absolute Gasteiger partial charge is 0.244 e. The van der Waals surface area contributed by atoms with E-state index in [4.69, 9.17) is 11.6 Å². The molecule has 0 fully saturated rings. The number of nitrogens with two attached hydrogens (primary N) is 2. The van der Waals surface area contributed by atoms with E-state index in [1.54, 1.807) is 30.7 Å². The molecule has 15 heavy (non-hydrogen) atoms. The maximum atomic E-state index is 5.82. The summed E-state index contributed by atoms with van der Waals surface area (Å²) in [5.41, 5.74) is 6.82. The first kappa shape index (κ1) is 9.35. The van der Waals surface area contributed by atoms with E-state index in [-0.39, 0.29) is 0 Å². The minimum absolute atomic E-state index is 0.385. The van der Waals surface area contributed by atoms with Gasteiger partial charge in [0.15, 0.2) is 0 Å². The van der Waals surface area contributed by atoms with Crippen LogP contribution in [0.25, 0.3) is 0 Å². The van der Waals surface area contributed by atoms with Gasteiger partial charge in [0.25, 0.3) is 0 Å². The molecule has 0 bridgehead atoms. The van der Waals surface area contributed by atoms with Crippen LogP contribution < -0.4 is 16.6 Å². The molecule has 0 aliphatic carbocycles. The zero-order valence-electron chi connectivity index (χ0n) is 7.91. The summed E-state index contributed by atoms with van der Waals surface area (Å²) in [5.74, 6) is 6.20. The molecule has 0 aliphatic heterocycles. The van der Waals surface area contributed by atoms with E-state index in [0.717, 1.165) is 0 Å². The molecule has 0 saturated carbocycles. The largest absolute Gasteiger partial charge is 0.396 e. The predicted molar refractivity (Wildman–Crippen MR) is 57.0 cm³/mol. The van der Waals surface area contributed by atoms with Crippen molar-refractivity contribution in [1.82, 2.24) is 15.0 Å². The van der Waals surface area contributed by atoms with E-state index in [1.807, 2.05) is 0 Å². The van der Waals surface area contributed by atoms with Gasteiger partial charge in [-0.2, -0.15) is 0 Å². The Labute approximate surface area is 86.6 Å². The zero-order valence-corrected chi connectivity index (χ0v) is 7.91. The van der Waals surface area contributed by atoms with Crippen molar-refractivity contribution in [2.75, 3.05) is 10.7 Å². The Morgan fingerprint density at radius 1 is 1.13 bits per heavy atom. The summed E-state index contributed by atoms with van der Waals surface area (Å²) in [6.45, 7) is 0. The summed E-state index contributed by atoms with van der Waals surface area (Å²) < 4.78 is 0. The fourth-order valence-corrected chi connectivity index (χ4v) is 1.14. The summed E-state index contributed by atoms with van der Waals surface area (Å²) >= 11 is 0. The van der Waals surface area contributed by atoms with E-state index >= 15 is 0 Å². The normalized spacial score (nSPS) is 9.93. The van der Waals surface area contributed by atoms with Crippen molar-refractivity contribution in [2.24, 2.45) is 5.84 Å². The van der Waals surface area contributed by atoms with Crippen molar-refractivity contribution in [1.29, 1.82) is 0 Å². The first-order chi connectivity index (χ1) is 7.29. The molecule has 0 saturated heterocycles. The third-order valence-corrected chi connectivity index (χ3v) is 1.86. The van der Waals surface area contributed by atoms with Crippen molar-refractivity contribution in [3.05, 3.63) is 36.9 Å². The van der Waals surface area contributed by atoms with E-state index in [0.29, 0.717) is 17.3 Å². The number of hydrogen-bond donors (Lipinski definition) is 2. The van der Waals surface area contributed by atoms with E-state index in [9.17, 15) is 0 Å². The third kappa shape index (κ3) is 1.84. The molecule has 6 nitrogen and oxygen atoms in total. The molecular formula is C9H10N6. The van der Waals surface area contributed by atoms with Gasteiger partial charge in [-0.25, -0.2) is 20.8 Å². The lowest BCUT2D eigenvalue weighted by atomic mass is 10.3. The van der Waals surface area contributed by atoms with Crippen LogP contribution in [-0.2, 0) is 0 Å². The molecule has 0 radical (unpaired) electrons. The average molecular weight is 202 g/mol. The topological polar surface area (TPSA) is 94.0 Å². The maximum Gasteiger partial charge on any atom is 0.244 e. The number of hydrazine groups is 1. The van der Waals surface area contributed by atoms with Gasteiger partial charge in [0, 0.05) is 18.6 Å². The highest BCUT2D eigenvalue weighted by Gasteiger charge is 2.09. The van der Waals surface area contributed by atoms with Gasteiger partial charge < -0.3 is 5.73 Å². The van der Waals surface area contributed by atoms with Gasteiger partial charge in [-0.1, -0.05) is 0 Å². The monoisotopic (exact) mass is 202 g/mol. The quantitative estimate of drug-likeness (QED) is 0.543. The van der Waals surface area contributed by atoms with Crippen molar-refractivity contribution in [3.63, 3.8) is 0 Å². The predicted octanol–water partition coefficient (Wildman–Crippen LogP) is 0.466. The van der Waals surface area contributed by atoms with E-state index in [2.05, 4.69) is 15.0 Å². The SMILES string of the molecule is Nc1cnccc1N(N)c1ncccn1. The van der Waals surface area contributed by atoms with Crippen LogP contribution in [0.15, 0.2) is 36.9 Å². The van der Waals surface area contributed by atoms with Crippen LogP contribution >= 0.6 is 0 Å². The molecule has 6 heteroatoms. The summed E-state index contributed by atoms with van der Waals surface area (Å²) in [5, 5.41) is 1.32. The highest BCUT2D eigenvalue weighted by Crippen LogP contribution is 2.22. The molecule has 2 aromatic heterocycles. The third-order valence-electron chi connectivity index (χ3n) is 1.86. The number of rotatable bonds is 2. The number of pyridine rings is 1. The van der Waals surface area contributed by atoms with E-state index < -0.39 is 0 Å². The average Bonchev–Trinajstić information content (AvgIpc) is 2.30. The van der Waals surface area contributed by atoms with Gasteiger partial charge in [0.2, 0.25) is 5.95 Å². The number of hydrogen-bond acceptors (Lipinski definition) is 6. The van der Waals surface area contributed by atoms with Crippen LogP contribution in [0.2, 0.25) is 0 Å². The molecule has 0 unspecified atom stereocenters. The molecule has 2 rings (SSSR count). The van der Waals surface area contributed by atoms with Crippen LogP contribution in [0.1, 0.15) is 0 Å². The van der Waals surface area contributed by atoms with Crippen LogP contribution in [0.5, 0.6) is 0 Å². The molecule has 0 amide bonds. The molecule has 76 valence electrons. The Bertz CT molecular complexity index is 443. The first-order valence-corrected chi connectivity index (χ1v) is 4.30. The molecule has 0 aliphatic rings. The molecular weight excluding hydrogens is 192 g/mol. The maximum absolute atomic E-state index is 5.82. The molecule has 2 heterocycles. The first-order valence-electron chi connectivity index (χ1n) is 4.30. The minimum Gasteiger partial charge on any atom is -0.396 e. The molecule has 0 spiro atoms. The van der Waals surface area contributed by atoms with Gasteiger partial charge in [-0.3, -0.25) is 4.98 Å². The van der Waals surface area contributed by atoms with Crippen LogP contribution in [0.3, 0.4) is 0 Å². The molecule has 0 aromatic carbocycles. The Hall–Kier alpha value is -2.21. The number of aromatic nitrogens is 3. The van der Waals surface area contributed by atoms with Crippen LogP contribution in [0, 0.1) is 0 Å². The van der Waals surface area contributed by atoms with E-state index in [1.165, 1.54) is 11.2 Å². The van der Waals surface area contributed by atoms with Crippen molar-refractivity contribution in [2.45, 2.75) is 0 Å². The summed E-state index contributed by atoms with van der Waals surface area (Å²) in [4.78, 5) is 11.9. The lowest BCUT2D eigenvalue weighted by molar-refractivity contribution is 0.977. The highest BCUT2D eigenvalue weighted by atomic mass is 15.5. The fourth-order valence-electron chi connectivity index (χ4n) is 1.14. The Kier molecular flexibility index (Phi) is 2.42. The minimum atomic E-state index is 0.385. The second kappa shape index (κ2) is 3.89. The van der Waals surface area contributed by atoms with Crippen LogP contribution in [-0.4, -0.2) is 15.0 Å². The van der Waals surface area contributed by atoms with Gasteiger partial charge in [0.1, 0.15) is 0 Å². The highest BCUT2D eigenvalue weighted by molar-refractivity contribution is 5.69. The van der Waals surface area contributed by atoms with Crippen LogP contribution in [0.4, 0.5) is 17.3 Å². The molecule has 4 N–H and O–H groups in total. The van der Waals surface area contributed by atoms with Crippen molar-refractivity contribution in [3.8, 4) is 0 Å². The van der Waals surface area contributed by atoms with Gasteiger partial charge in [-0.15, -0.1) is 0 Å². The van der Waals surface area contributed by atoms with Crippen molar-refractivity contribution < 1.29 is 0 Å². The fraction of sp³-hybridized carbons (Fsp3) is 0. The van der Waals surface area contributed by atoms with Crippen molar-refractivity contribution >= 4 is 17.3 Å². The second-order valence-electron chi connectivity index (χ2n) is 2.85. The van der Waals surface area contributed by atoms with Gasteiger partial charge in [0.05, 0.1) is 17.6 Å². The standard InChI is InChI=1S/C9H10N6/c10-7-6-12-5-2-8(7)15(11)9-13-3-1-4-14-9/h1-6H,10-11H2. The molecule has 2 aromatic rings. The zero-order chi connectivity index (χ0) is 10.7. The lowest BCUT2D eigenvalue weighted by Crippen LogP contribution is -2.27. The molecule has 0 atom stereocenters. The number of nitrogens with zero attached hydrogens (tertiary/aromatic N) is 4. The summed E-state index contributed by atoms with van der Waals surface area (Å²) in [6, 6.07) is 3.42. The van der Waals surface area contributed by atoms with Gasteiger partial charge in [-0.05, 0) is 12.1 Å². The Balaban J connectivity index is 2.37. The van der Waals surface area contributed by atoms with Gasteiger partial charge >= 0.3 is 0 Å². The number of anilines is 3. The number of nitrogen functional groups attached to an aromatic ring is 1. The lowest BCUT2D eigenvalue weighted by Gasteiger charge is -2.17. The Morgan fingerprint density at radius 3 is 2.53 bits per heavy atom.